The maximum Gasteiger partial charge on any atom is 0.119 e. The van der Waals surface area contributed by atoms with Crippen molar-refractivity contribution in [3.8, 4) is 5.75 Å². The second kappa shape index (κ2) is 9.89. The lowest BCUT2D eigenvalue weighted by Gasteiger charge is -2.42. The van der Waals surface area contributed by atoms with Gasteiger partial charge in [-0.2, -0.15) is 0 Å². The highest BCUT2D eigenvalue weighted by atomic mass is 35.5. The predicted octanol–water partition coefficient (Wildman–Crippen LogP) is 2.50. The summed E-state index contributed by atoms with van der Waals surface area (Å²) in [7, 11) is 1.45. The molecule has 0 saturated carbocycles. The summed E-state index contributed by atoms with van der Waals surface area (Å²) in [6.45, 7) is 2.15. The molecule has 3 rings (SSSR count). The Morgan fingerprint density at radius 1 is 1.07 bits per heavy atom. The first-order valence-electron chi connectivity index (χ1n) is 9.63. The van der Waals surface area contributed by atoms with E-state index in [-0.39, 0.29) is 0 Å². The topological polar surface area (TPSA) is 88.4 Å². The Hall–Kier alpha value is -1.67. The van der Waals surface area contributed by atoms with Crippen LogP contribution in [0.2, 0.25) is 5.02 Å². The van der Waals surface area contributed by atoms with E-state index in [4.69, 9.17) is 25.8 Å². The second-order valence-corrected chi connectivity index (χ2v) is 7.47. The number of hydrogen-bond donors (Lipinski definition) is 3. The summed E-state index contributed by atoms with van der Waals surface area (Å²) >= 11 is 6.42. The van der Waals surface area contributed by atoms with E-state index in [0.717, 1.165) is 22.4 Å². The fraction of sp³-hybridized carbons (Fsp3) is 0.455. The first kappa shape index (κ1) is 22.0. The highest BCUT2D eigenvalue weighted by molar-refractivity contribution is 6.31. The molecule has 5 atom stereocenters. The Morgan fingerprint density at radius 2 is 1.79 bits per heavy atom. The monoisotopic (exact) mass is 422 g/mol. The smallest absolute Gasteiger partial charge is 0.119 e. The molecule has 0 aromatic heterocycles. The van der Waals surface area contributed by atoms with Crippen LogP contribution >= 0.6 is 11.6 Å². The van der Waals surface area contributed by atoms with E-state index < -0.39 is 37.1 Å². The van der Waals surface area contributed by atoms with Crippen molar-refractivity contribution in [1.82, 2.24) is 0 Å². The molecule has 29 heavy (non-hydrogen) atoms. The maximum atomic E-state index is 10.4. The van der Waals surface area contributed by atoms with Gasteiger partial charge in [-0.15, -0.1) is 0 Å². The Balaban J connectivity index is 1.85. The number of hydrogen-bond acceptors (Lipinski definition) is 6. The van der Waals surface area contributed by atoms with Crippen molar-refractivity contribution in [2.24, 2.45) is 0 Å². The van der Waals surface area contributed by atoms with E-state index in [1.807, 2.05) is 37.3 Å². The van der Waals surface area contributed by atoms with Gasteiger partial charge in [-0.05, 0) is 48.2 Å². The minimum atomic E-state index is -1.23. The van der Waals surface area contributed by atoms with Crippen molar-refractivity contribution in [3.05, 3.63) is 64.2 Å². The van der Waals surface area contributed by atoms with Crippen LogP contribution < -0.4 is 4.74 Å². The molecule has 7 heteroatoms. The molecule has 2 aromatic rings. The molecule has 1 saturated heterocycles. The normalized spacial score (nSPS) is 27.0. The van der Waals surface area contributed by atoms with Gasteiger partial charge >= 0.3 is 0 Å². The lowest BCUT2D eigenvalue weighted by molar-refractivity contribution is -0.238. The zero-order valence-corrected chi connectivity index (χ0v) is 17.2. The Morgan fingerprint density at radius 3 is 2.41 bits per heavy atom. The first-order valence-corrected chi connectivity index (χ1v) is 10.0. The van der Waals surface area contributed by atoms with Gasteiger partial charge in [0.2, 0.25) is 0 Å². The van der Waals surface area contributed by atoms with E-state index in [2.05, 4.69) is 0 Å². The maximum absolute atomic E-state index is 10.4. The molecule has 0 bridgehead atoms. The number of benzene rings is 2. The fourth-order valence-corrected chi connectivity index (χ4v) is 3.80. The predicted molar refractivity (Wildman–Crippen MR) is 109 cm³/mol. The lowest BCUT2D eigenvalue weighted by Crippen LogP contribution is -2.55. The zero-order valence-electron chi connectivity index (χ0n) is 16.5. The molecule has 0 amide bonds. The van der Waals surface area contributed by atoms with Gasteiger partial charge in [-0.3, -0.25) is 0 Å². The van der Waals surface area contributed by atoms with E-state index in [9.17, 15) is 15.3 Å². The number of aliphatic hydroxyl groups excluding tert-OH is 3. The van der Waals surface area contributed by atoms with Gasteiger partial charge in [-0.1, -0.05) is 35.9 Å². The van der Waals surface area contributed by atoms with Crippen LogP contribution in [0.5, 0.6) is 5.75 Å². The van der Waals surface area contributed by atoms with E-state index in [1.54, 1.807) is 12.1 Å². The van der Waals surface area contributed by atoms with E-state index >= 15 is 0 Å². The van der Waals surface area contributed by atoms with Crippen molar-refractivity contribution >= 4 is 11.6 Å². The summed E-state index contributed by atoms with van der Waals surface area (Å²) in [6, 6.07) is 13.3. The fourth-order valence-electron chi connectivity index (χ4n) is 3.62. The molecular formula is C22H27ClO6. The third kappa shape index (κ3) is 4.91. The molecule has 0 spiro atoms. The summed E-state index contributed by atoms with van der Waals surface area (Å²) in [5, 5.41) is 30.6. The molecule has 158 valence electrons. The van der Waals surface area contributed by atoms with Gasteiger partial charge in [0.25, 0.3) is 0 Å². The summed E-state index contributed by atoms with van der Waals surface area (Å²) in [4.78, 5) is 0. The molecule has 0 radical (unpaired) electrons. The van der Waals surface area contributed by atoms with Crippen molar-refractivity contribution in [2.75, 3.05) is 20.3 Å². The molecule has 3 unspecified atom stereocenters. The molecule has 1 aliphatic heterocycles. The highest BCUT2D eigenvalue weighted by Gasteiger charge is 2.45. The average Bonchev–Trinajstić information content (AvgIpc) is 2.73. The Bertz CT molecular complexity index is 796. The zero-order chi connectivity index (χ0) is 21.0. The number of methoxy groups -OCH3 is 1. The highest BCUT2D eigenvalue weighted by Crippen LogP contribution is 2.35. The third-order valence-corrected chi connectivity index (χ3v) is 5.54. The lowest BCUT2D eigenvalue weighted by atomic mass is 9.90. The molecule has 3 N–H and O–H groups in total. The van der Waals surface area contributed by atoms with Crippen LogP contribution in [0.4, 0.5) is 0 Å². The number of halogens is 1. The van der Waals surface area contributed by atoms with Gasteiger partial charge in [0, 0.05) is 12.1 Å². The SMILES string of the molecule is CCOc1ccc(Cc2cc([C@@H]3OC(CO)[C@@H](O)C(O)C3OC)ccc2Cl)cc1. The second-order valence-electron chi connectivity index (χ2n) is 7.06. The van der Waals surface area contributed by atoms with Crippen LogP contribution in [0.3, 0.4) is 0 Å². The van der Waals surface area contributed by atoms with Crippen molar-refractivity contribution in [1.29, 1.82) is 0 Å². The van der Waals surface area contributed by atoms with Crippen LogP contribution in [-0.4, -0.2) is 60.1 Å². The standard InChI is InChI=1S/C22H27ClO6/c1-3-28-16-7-4-13(5-8-16)10-15-11-14(6-9-17(15)23)21-22(27-2)20(26)19(25)18(12-24)29-21/h4-9,11,18-22,24-26H,3,10,12H2,1-2H3/t18?,19-,20?,21+,22?/m1/s1. The number of ether oxygens (including phenoxy) is 3. The summed E-state index contributed by atoms with van der Waals surface area (Å²) in [6.07, 6.45) is -4.11. The van der Waals surface area contributed by atoms with Crippen LogP contribution in [-0.2, 0) is 15.9 Å². The van der Waals surface area contributed by atoms with Gasteiger partial charge in [0.05, 0.1) is 13.2 Å². The summed E-state index contributed by atoms with van der Waals surface area (Å²) in [5.74, 6) is 0.817. The quantitative estimate of drug-likeness (QED) is 0.635. The van der Waals surface area contributed by atoms with Crippen LogP contribution in [0.25, 0.3) is 0 Å². The minimum Gasteiger partial charge on any atom is -0.494 e. The molecule has 1 fully saturated rings. The van der Waals surface area contributed by atoms with Crippen LogP contribution in [0, 0.1) is 0 Å². The van der Waals surface area contributed by atoms with Crippen molar-refractivity contribution in [3.63, 3.8) is 0 Å². The van der Waals surface area contributed by atoms with Gasteiger partial charge in [0.15, 0.2) is 0 Å². The Labute approximate surface area is 175 Å². The molecular weight excluding hydrogens is 396 g/mol. The van der Waals surface area contributed by atoms with Crippen molar-refractivity contribution in [2.45, 2.75) is 43.9 Å². The van der Waals surface area contributed by atoms with Crippen LogP contribution in [0.15, 0.2) is 42.5 Å². The number of aliphatic hydroxyl groups is 3. The molecule has 0 aliphatic carbocycles. The van der Waals surface area contributed by atoms with Crippen molar-refractivity contribution < 1.29 is 29.5 Å². The third-order valence-electron chi connectivity index (χ3n) is 5.17. The first-order chi connectivity index (χ1) is 14.0. The molecule has 6 nitrogen and oxygen atoms in total. The average molecular weight is 423 g/mol. The van der Waals surface area contributed by atoms with Crippen LogP contribution in [0.1, 0.15) is 29.7 Å². The van der Waals surface area contributed by atoms with Gasteiger partial charge in [-0.25, -0.2) is 0 Å². The molecule has 1 heterocycles. The van der Waals surface area contributed by atoms with E-state index in [1.165, 1.54) is 7.11 Å². The Kier molecular flexibility index (Phi) is 7.51. The van der Waals surface area contributed by atoms with E-state index in [0.29, 0.717) is 18.1 Å². The molecule has 2 aromatic carbocycles. The minimum absolute atomic E-state index is 0.405. The summed E-state index contributed by atoms with van der Waals surface area (Å²) < 4.78 is 16.7. The largest absolute Gasteiger partial charge is 0.494 e. The molecule has 1 aliphatic rings. The van der Waals surface area contributed by atoms with Gasteiger partial charge in [0.1, 0.15) is 36.3 Å². The summed E-state index contributed by atoms with van der Waals surface area (Å²) in [5.41, 5.74) is 2.73. The van der Waals surface area contributed by atoms with Gasteiger partial charge < -0.3 is 29.5 Å². The number of rotatable bonds is 7.